The van der Waals surface area contributed by atoms with Crippen LogP contribution in [0.25, 0.3) is 0 Å². The van der Waals surface area contributed by atoms with E-state index >= 15 is 0 Å². The molecule has 31 heavy (non-hydrogen) atoms. The minimum atomic E-state index is -0.692. The lowest BCUT2D eigenvalue weighted by molar-refractivity contribution is -0.139. The maximum absolute atomic E-state index is 12.8. The number of H-pyrrole nitrogens is 1. The summed E-state index contributed by atoms with van der Waals surface area (Å²) in [7, 11) is 0. The van der Waals surface area contributed by atoms with Gasteiger partial charge in [-0.25, -0.2) is 19.5 Å². The second-order valence-corrected chi connectivity index (χ2v) is 8.18. The number of hydrogen-bond donors (Lipinski definition) is 3. The van der Waals surface area contributed by atoms with Crippen LogP contribution in [-0.4, -0.2) is 39.1 Å². The SMILES string of the molecule is CCCCn1c(SCC2=C(C(=O)OCC)C(c3ccc(Cl)cc3)NC(=O)N2)n[nH]c1=O. The number of carbonyl (C=O) groups excluding carboxylic acids is 2. The van der Waals surface area contributed by atoms with Crippen LogP contribution in [0, 0.1) is 0 Å². The zero-order chi connectivity index (χ0) is 22.4. The van der Waals surface area contributed by atoms with E-state index < -0.39 is 18.0 Å². The Hall–Kier alpha value is -2.72. The van der Waals surface area contributed by atoms with E-state index in [0.29, 0.717) is 33.6 Å². The van der Waals surface area contributed by atoms with Gasteiger partial charge in [-0.2, -0.15) is 0 Å². The van der Waals surface area contributed by atoms with Crippen LogP contribution < -0.4 is 16.3 Å². The van der Waals surface area contributed by atoms with Crippen LogP contribution in [0.15, 0.2) is 45.5 Å². The van der Waals surface area contributed by atoms with E-state index in [-0.39, 0.29) is 18.0 Å². The van der Waals surface area contributed by atoms with Crippen molar-refractivity contribution in [3.63, 3.8) is 0 Å². The first-order valence-corrected chi connectivity index (χ1v) is 11.3. The number of aromatic nitrogens is 3. The number of aromatic amines is 1. The second kappa shape index (κ2) is 10.5. The molecule has 166 valence electrons. The monoisotopic (exact) mass is 465 g/mol. The molecule has 1 aromatic carbocycles. The number of rotatable bonds is 9. The van der Waals surface area contributed by atoms with Gasteiger partial charge in [0, 0.05) is 23.0 Å². The first-order chi connectivity index (χ1) is 14.9. The van der Waals surface area contributed by atoms with Crippen LogP contribution in [0.5, 0.6) is 0 Å². The van der Waals surface area contributed by atoms with Gasteiger partial charge in [-0.05, 0) is 31.0 Å². The van der Waals surface area contributed by atoms with Crippen LogP contribution in [0.1, 0.15) is 38.3 Å². The molecule has 0 saturated carbocycles. The first kappa shape index (κ1) is 23.0. The third-order valence-electron chi connectivity index (χ3n) is 4.66. The molecule has 9 nitrogen and oxygen atoms in total. The predicted octanol–water partition coefficient (Wildman–Crippen LogP) is 2.99. The summed E-state index contributed by atoms with van der Waals surface area (Å²) in [5.74, 6) is -0.307. The molecule has 1 aliphatic rings. The molecule has 1 unspecified atom stereocenters. The van der Waals surface area contributed by atoms with Crippen molar-refractivity contribution in [3.05, 3.63) is 56.6 Å². The number of ether oxygens (including phenoxy) is 1. The minimum Gasteiger partial charge on any atom is -0.463 e. The molecule has 2 aromatic rings. The molecule has 1 atom stereocenters. The largest absolute Gasteiger partial charge is 0.463 e. The van der Waals surface area contributed by atoms with Gasteiger partial charge in [-0.15, -0.1) is 5.10 Å². The lowest BCUT2D eigenvalue weighted by Crippen LogP contribution is -2.46. The Labute approximate surface area is 188 Å². The number of carbonyl (C=O) groups is 2. The second-order valence-electron chi connectivity index (χ2n) is 6.80. The topological polar surface area (TPSA) is 118 Å². The smallest absolute Gasteiger partial charge is 0.343 e. The van der Waals surface area contributed by atoms with Crippen molar-refractivity contribution >= 4 is 35.4 Å². The summed E-state index contributed by atoms with van der Waals surface area (Å²) in [6, 6.07) is 5.75. The van der Waals surface area contributed by atoms with Crippen LogP contribution in [0.3, 0.4) is 0 Å². The lowest BCUT2D eigenvalue weighted by atomic mass is 9.95. The Morgan fingerprint density at radius 2 is 2.00 bits per heavy atom. The summed E-state index contributed by atoms with van der Waals surface area (Å²) >= 11 is 7.24. The molecule has 0 fully saturated rings. The summed E-state index contributed by atoms with van der Waals surface area (Å²) in [5.41, 5.74) is 1.12. The van der Waals surface area contributed by atoms with Crippen LogP contribution >= 0.6 is 23.4 Å². The van der Waals surface area contributed by atoms with Crippen molar-refractivity contribution in [1.29, 1.82) is 0 Å². The zero-order valence-electron chi connectivity index (χ0n) is 17.2. The van der Waals surface area contributed by atoms with Crippen molar-refractivity contribution < 1.29 is 14.3 Å². The molecular formula is C20H24ClN5O4S. The molecule has 2 amide bonds. The molecule has 0 bridgehead atoms. The number of nitrogens with zero attached hydrogens (tertiary/aromatic N) is 2. The summed E-state index contributed by atoms with van der Waals surface area (Å²) in [6.07, 6.45) is 1.77. The van der Waals surface area contributed by atoms with Crippen LogP contribution in [-0.2, 0) is 16.1 Å². The van der Waals surface area contributed by atoms with Gasteiger partial charge in [0.25, 0.3) is 0 Å². The van der Waals surface area contributed by atoms with Crippen molar-refractivity contribution in [3.8, 4) is 0 Å². The van der Waals surface area contributed by atoms with Gasteiger partial charge in [0.05, 0.1) is 18.2 Å². The number of benzene rings is 1. The highest BCUT2D eigenvalue weighted by atomic mass is 35.5. The maximum Gasteiger partial charge on any atom is 0.343 e. The summed E-state index contributed by atoms with van der Waals surface area (Å²) in [5, 5.41) is 13.1. The number of urea groups is 1. The summed E-state index contributed by atoms with van der Waals surface area (Å²) in [6.45, 7) is 4.49. The Morgan fingerprint density at radius 3 is 2.68 bits per heavy atom. The number of amides is 2. The van der Waals surface area contributed by atoms with Gasteiger partial charge in [0.15, 0.2) is 5.16 Å². The fourth-order valence-electron chi connectivity index (χ4n) is 3.15. The molecule has 1 aromatic heterocycles. The van der Waals surface area contributed by atoms with Gasteiger partial charge >= 0.3 is 17.7 Å². The molecule has 1 aliphatic heterocycles. The molecule has 3 rings (SSSR count). The fourth-order valence-corrected chi connectivity index (χ4v) is 4.22. The predicted molar refractivity (Wildman–Crippen MR) is 118 cm³/mol. The minimum absolute atomic E-state index is 0.194. The van der Waals surface area contributed by atoms with Crippen molar-refractivity contribution in [1.82, 2.24) is 25.4 Å². The van der Waals surface area contributed by atoms with E-state index in [1.165, 1.54) is 11.8 Å². The molecule has 0 aliphatic carbocycles. The number of halogens is 1. The van der Waals surface area contributed by atoms with E-state index in [2.05, 4.69) is 20.8 Å². The molecule has 2 heterocycles. The highest BCUT2D eigenvalue weighted by Crippen LogP contribution is 2.30. The third kappa shape index (κ3) is 5.50. The normalized spacial score (nSPS) is 16.1. The number of thioether (sulfide) groups is 1. The Morgan fingerprint density at radius 1 is 1.26 bits per heavy atom. The van der Waals surface area contributed by atoms with Gasteiger partial charge in [-0.3, -0.25) is 4.57 Å². The maximum atomic E-state index is 12.8. The molecule has 0 radical (unpaired) electrons. The molecule has 3 N–H and O–H groups in total. The lowest BCUT2D eigenvalue weighted by Gasteiger charge is -2.29. The van der Waals surface area contributed by atoms with Crippen molar-refractivity contribution in [2.24, 2.45) is 0 Å². The van der Waals surface area contributed by atoms with Gasteiger partial charge in [0.1, 0.15) is 0 Å². The molecular weight excluding hydrogens is 442 g/mol. The Bertz CT molecular complexity index is 1030. The Kier molecular flexibility index (Phi) is 7.80. The van der Waals surface area contributed by atoms with E-state index in [0.717, 1.165) is 12.8 Å². The van der Waals surface area contributed by atoms with Crippen molar-refractivity contribution in [2.45, 2.75) is 44.4 Å². The summed E-state index contributed by atoms with van der Waals surface area (Å²) < 4.78 is 6.81. The average molecular weight is 466 g/mol. The fraction of sp³-hybridized carbons (Fsp3) is 0.400. The average Bonchev–Trinajstić information content (AvgIpc) is 3.10. The molecule has 0 saturated heterocycles. The van der Waals surface area contributed by atoms with Gasteiger partial charge in [-0.1, -0.05) is 48.8 Å². The van der Waals surface area contributed by atoms with E-state index in [4.69, 9.17) is 16.3 Å². The van der Waals surface area contributed by atoms with Crippen molar-refractivity contribution in [2.75, 3.05) is 12.4 Å². The van der Waals surface area contributed by atoms with Crippen LogP contribution in [0.4, 0.5) is 4.79 Å². The van der Waals surface area contributed by atoms with Gasteiger partial charge in [0.2, 0.25) is 0 Å². The number of hydrogen-bond acceptors (Lipinski definition) is 6. The zero-order valence-corrected chi connectivity index (χ0v) is 18.8. The molecule has 11 heteroatoms. The summed E-state index contributed by atoms with van der Waals surface area (Å²) in [4.78, 5) is 37.2. The standard InChI is InChI=1S/C20H24ClN5O4S/c1-3-5-10-26-19(29)24-25-20(26)31-11-14-15(17(27)30-4-2)16(23-18(28)22-14)12-6-8-13(21)9-7-12/h6-9,16H,3-5,10-11H2,1-2H3,(H,24,29)(H2,22,23,28). The van der Waals surface area contributed by atoms with E-state index in [9.17, 15) is 14.4 Å². The van der Waals surface area contributed by atoms with E-state index in [1.807, 2.05) is 6.92 Å². The quantitative estimate of drug-likeness (QED) is 0.387. The van der Waals surface area contributed by atoms with Crippen LogP contribution in [0.2, 0.25) is 5.02 Å². The highest BCUT2D eigenvalue weighted by molar-refractivity contribution is 7.99. The van der Waals surface area contributed by atoms with E-state index in [1.54, 1.807) is 35.8 Å². The number of unbranched alkanes of at least 4 members (excludes halogenated alkanes) is 1. The van der Waals surface area contributed by atoms with Gasteiger partial charge < -0.3 is 15.4 Å². The molecule has 0 spiro atoms. The first-order valence-electron chi connectivity index (χ1n) is 9.95. The third-order valence-corrected chi connectivity index (χ3v) is 5.91. The number of nitrogens with one attached hydrogen (secondary N) is 3. The highest BCUT2D eigenvalue weighted by Gasteiger charge is 2.33. The number of esters is 1. The Balaban J connectivity index is 1.94.